The third kappa shape index (κ3) is 7.93. The van der Waals surface area contributed by atoms with Gasteiger partial charge in [-0.15, -0.1) is 0 Å². The number of amides is 1. The molecule has 1 aromatic heterocycles. The van der Waals surface area contributed by atoms with E-state index in [1.54, 1.807) is 33.5 Å². The number of aromatic nitrogens is 1. The zero-order valence-electron chi connectivity index (χ0n) is 25.2. The molecule has 1 saturated heterocycles. The van der Waals surface area contributed by atoms with E-state index in [1.165, 1.54) is 22.5 Å². The van der Waals surface area contributed by atoms with Crippen LogP contribution in [0.3, 0.4) is 0 Å². The van der Waals surface area contributed by atoms with Gasteiger partial charge in [-0.05, 0) is 79.6 Å². The largest absolute Gasteiger partial charge is 0.379 e. The molecule has 0 unspecified atom stereocenters. The Balaban J connectivity index is 1.59. The SMILES string of the molecule is Cc1cc2nc(N(CCCN3CCOCC3)C(=O)c3ccc(S(=O)(=O)N(CC(C)C)CC(C)C)cc3)sc2cc1C. The number of thiazole rings is 1. The Hall–Kier alpha value is -2.37. The van der Waals surface area contributed by atoms with Crippen molar-refractivity contribution in [2.45, 2.75) is 52.9 Å². The minimum Gasteiger partial charge on any atom is -0.379 e. The van der Waals surface area contributed by atoms with Crippen molar-refractivity contribution in [2.75, 3.05) is 57.4 Å². The first-order valence-electron chi connectivity index (χ1n) is 14.6. The Bertz CT molecular complexity index is 1380. The fourth-order valence-electron chi connectivity index (χ4n) is 5.00. The van der Waals surface area contributed by atoms with E-state index in [0.717, 1.165) is 49.5 Å². The Morgan fingerprint density at radius 3 is 2.22 bits per heavy atom. The average molecular weight is 601 g/mol. The molecule has 0 aliphatic carbocycles. The van der Waals surface area contributed by atoms with Crippen LogP contribution < -0.4 is 4.90 Å². The molecule has 10 heteroatoms. The molecular formula is C31H44N4O4S2. The fourth-order valence-corrected chi connectivity index (χ4v) is 7.84. The van der Waals surface area contributed by atoms with E-state index in [-0.39, 0.29) is 22.6 Å². The highest BCUT2D eigenvalue weighted by molar-refractivity contribution is 7.89. The van der Waals surface area contributed by atoms with E-state index in [0.29, 0.717) is 30.3 Å². The van der Waals surface area contributed by atoms with Crippen molar-refractivity contribution >= 4 is 42.6 Å². The first kappa shape index (κ1) is 31.6. The van der Waals surface area contributed by atoms with Gasteiger partial charge in [0, 0.05) is 44.8 Å². The molecule has 1 amide bonds. The number of rotatable bonds is 12. The topological polar surface area (TPSA) is 83.0 Å². The zero-order valence-corrected chi connectivity index (χ0v) is 26.9. The van der Waals surface area contributed by atoms with Gasteiger partial charge < -0.3 is 4.74 Å². The van der Waals surface area contributed by atoms with Crippen molar-refractivity contribution in [1.29, 1.82) is 0 Å². The lowest BCUT2D eigenvalue weighted by Crippen LogP contribution is -2.39. The fraction of sp³-hybridized carbons (Fsp3) is 0.548. The van der Waals surface area contributed by atoms with Crippen LogP contribution in [-0.4, -0.2) is 81.0 Å². The quantitative estimate of drug-likeness (QED) is 0.270. The number of nitrogens with zero attached hydrogens (tertiary/aromatic N) is 4. The minimum absolute atomic E-state index is 0.176. The number of carbonyl (C=O) groups is 1. The number of hydrogen-bond acceptors (Lipinski definition) is 7. The highest BCUT2D eigenvalue weighted by Gasteiger charge is 2.27. The van der Waals surface area contributed by atoms with Gasteiger partial charge in [-0.25, -0.2) is 13.4 Å². The van der Waals surface area contributed by atoms with E-state index in [1.807, 2.05) is 27.7 Å². The molecule has 4 rings (SSSR count). The first-order valence-corrected chi connectivity index (χ1v) is 16.8. The van der Waals surface area contributed by atoms with Gasteiger partial charge >= 0.3 is 0 Å². The van der Waals surface area contributed by atoms with Crippen molar-refractivity contribution in [1.82, 2.24) is 14.2 Å². The Kier molecular flexibility index (Phi) is 10.6. The minimum atomic E-state index is -3.68. The molecular weight excluding hydrogens is 556 g/mol. The number of fused-ring (bicyclic) bond motifs is 1. The maximum Gasteiger partial charge on any atom is 0.260 e. The number of sulfonamides is 1. The number of benzene rings is 2. The molecule has 0 N–H and O–H groups in total. The summed E-state index contributed by atoms with van der Waals surface area (Å²) in [6.07, 6.45) is 0.797. The van der Waals surface area contributed by atoms with E-state index < -0.39 is 10.0 Å². The number of morpholine rings is 1. The smallest absolute Gasteiger partial charge is 0.260 e. The lowest BCUT2D eigenvalue weighted by molar-refractivity contribution is 0.0376. The molecule has 0 radical (unpaired) electrons. The van der Waals surface area contributed by atoms with Gasteiger partial charge in [-0.3, -0.25) is 14.6 Å². The summed E-state index contributed by atoms with van der Waals surface area (Å²) in [6, 6.07) is 10.6. The van der Waals surface area contributed by atoms with Crippen molar-refractivity contribution in [3.63, 3.8) is 0 Å². The molecule has 41 heavy (non-hydrogen) atoms. The number of ether oxygens (including phenoxy) is 1. The Labute approximate surface area is 249 Å². The molecule has 1 aliphatic rings. The molecule has 0 bridgehead atoms. The van der Waals surface area contributed by atoms with E-state index in [4.69, 9.17) is 9.72 Å². The number of hydrogen-bond donors (Lipinski definition) is 0. The summed E-state index contributed by atoms with van der Waals surface area (Å²) in [7, 11) is -3.68. The summed E-state index contributed by atoms with van der Waals surface area (Å²) >= 11 is 1.52. The van der Waals surface area contributed by atoms with Crippen LogP contribution in [-0.2, 0) is 14.8 Å². The van der Waals surface area contributed by atoms with Gasteiger partial charge in [0.05, 0.1) is 28.3 Å². The summed E-state index contributed by atoms with van der Waals surface area (Å²) in [6.45, 7) is 17.8. The number of aryl methyl sites for hydroxylation is 2. The Morgan fingerprint density at radius 2 is 1.61 bits per heavy atom. The van der Waals surface area contributed by atoms with E-state index in [9.17, 15) is 13.2 Å². The van der Waals surface area contributed by atoms with Crippen molar-refractivity contribution in [3.05, 3.63) is 53.1 Å². The predicted molar refractivity (Wildman–Crippen MR) is 168 cm³/mol. The van der Waals surface area contributed by atoms with Crippen molar-refractivity contribution < 1.29 is 17.9 Å². The molecule has 2 heterocycles. The van der Waals surface area contributed by atoms with Gasteiger partial charge in [0.25, 0.3) is 5.91 Å². The normalized spacial score (nSPS) is 15.0. The molecule has 8 nitrogen and oxygen atoms in total. The van der Waals surface area contributed by atoms with Crippen LogP contribution >= 0.6 is 11.3 Å². The summed E-state index contributed by atoms with van der Waals surface area (Å²) in [4.78, 5) is 23.1. The molecule has 3 aromatic rings. The maximum atomic E-state index is 13.9. The summed E-state index contributed by atoms with van der Waals surface area (Å²) in [5, 5.41) is 0.661. The molecule has 1 fully saturated rings. The standard InChI is InChI=1S/C31H44N4O4S2/c1-22(2)20-34(21-23(3)4)41(37,38)27-10-8-26(9-11-27)30(36)35(13-7-12-33-14-16-39-17-15-33)31-32-28-18-24(5)25(6)19-29(28)40-31/h8-11,18-19,22-23H,7,12-17,20-21H2,1-6H3. The summed E-state index contributed by atoms with van der Waals surface area (Å²) in [5.74, 6) is 0.234. The second-order valence-electron chi connectivity index (χ2n) is 11.8. The molecule has 0 atom stereocenters. The average Bonchev–Trinajstić information content (AvgIpc) is 3.33. The number of anilines is 1. The molecule has 2 aromatic carbocycles. The van der Waals surface area contributed by atoms with E-state index in [2.05, 4.69) is 30.9 Å². The van der Waals surface area contributed by atoms with E-state index >= 15 is 0 Å². The van der Waals surface area contributed by atoms with Gasteiger partial charge in [-0.1, -0.05) is 39.0 Å². The summed E-state index contributed by atoms with van der Waals surface area (Å²) in [5.41, 5.74) is 3.69. The van der Waals surface area contributed by atoms with Crippen LogP contribution in [0.15, 0.2) is 41.3 Å². The second-order valence-corrected chi connectivity index (χ2v) is 14.7. The van der Waals surface area contributed by atoms with Gasteiger partial charge in [0.15, 0.2) is 5.13 Å². The lowest BCUT2D eigenvalue weighted by Gasteiger charge is -2.28. The predicted octanol–water partition coefficient (Wildman–Crippen LogP) is 5.58. The molecule has 0 saturated carbocycles. The van der Waals surface area contributed by atoms with Crippen LogP contribution in [0, 0.1) is 25.7 Å². The van der Waals surface area contributed by atoms with Gasteiger partial charge in [0.1, 0.15) is 0 Å². The van der Waals surface area contributed by atoms with Crippen LogP contribution in [0.4, 0.5) is 5.13 Å². The monoisotopic (exact) mass is 600 g/mol. The third-order valence-electron chi connectivity index (χ3n) is 7.31. The number of carbonyl (C=O) groups excluding carboxylic acids is 1. The summed E-state index contributed by atoms with van der Waals surface area (Å²) < 4.78 is 35.1. The van der Waals surface area contributed by atoms with Gasteiger partial charge in [-0.2, -0.15) is 4.31 Å². The molecule has 224 valence electrons. The van der Waals surface area contributed by atoms with Gasteiger partial charge in [0.2, 0.25) is 10.0 Å². The highest BCUT2D eigenvalue weighted by Crippen LogP contribution is 2.32. The van der Waals surface area contributed by atoms with Crippen LogP contribution in [0.5, 0.6) is 0 Å². The van der Waals surface area contributed by atoms with Crippen LogP contribution in [0.25, 0.3) is 10.2 Å². The lowest BCUT2D eigenvalue weighted by atomic mass is 10.1. The van der Waals surface area contributed by atoms with Crippen molar-refractivity contribution in [3.8, 4) is 0 Å². The zero-order chi connectivity index (χ0) is 29.7. The Morgan fingerprint density at radius 1 is 1.00 bits per heavy atom. The molecule has 1 aliphatic heterocycles. The third-order valence-corrected chi connectivity index (χ3v) is 10.2. The van der Waals surface area contributed by atoms with Crippen LogP contribution in [0.2, 0.25) is 0 Å². The van der Waals surface area contributed by atoms with Crippen LogP contribution in [0.1, 0.15) is 55.6 Å². The molecule has 0 spiro atoms. The highest BCUT2D eigenvalue weighted by atomic mass is 32.2. The first-order chi connectivity index (χ1) is 19.5. The van der Waals surface area contributed by atoms with Crippen molar-refractivity contribution in [2.24, 2.45) is 11.8 Å². The second kappa shape index (κ2) is 13.7. The maximum absolute atomic E-state index is 13.9.